The zero-order valence-electron chi connectivity index (χ0n) is 12.3. The van der Waals surface area contributed by atoms with E-state index in [1.54, 1.807) is 12.1 Å². The maximum atomic E-state index is 14.3. The van der Waals surface area contributed by atoms with E-state index < -0.39 is 0 Å². The highest BCUT2D eigenvalue weighted by Gasteiger charge is 2.26. The number of aryl methyl sites for hydroxylation is 1. The Hall–Kier alpha value is -1.88. The van der Waals surface area contributed by atoms with Crippen LogP contribution in [0.2, 0.25) is 0 Å². The quantitative estimate of drug-likeness (QED) is 0.945. The van der Waals surface area contributed by atoms with Crippen LogP contribution in [0.25, 0.3) is 11.3 Å². The second-order valence-corrected chi connectivity index (χ2v) is 5.62. The Bertz CT molecular complexity index is 665. The van der Waals surface area contributed by atoms with E-state index in [0.29, 0.717) is 23.4 Å². The van der Waals surface area contributed by atoms with E-state index >= 15 is 0 Å². The van der Waals surface area contributed by atoms with Crippen molar-refractivity contribution < 1.29 is 14.2 Å². The molecular weight excluding hydrogens is 271 g/mol. The highest BCUT2D eigenvalue weighted by atomic mass is 19.1. The maximum absolute atomic E-state index is 14.3. The molecule has 2 heterocycles. The van der Waals surface area contributed by atoms with Gasteiger partial charge in [-0.05, 0) is 23.6 Å². The Morgan fingerprint density at radius 2 is 2.24 bits per heavy atom. The molecule has 0 radical (unpaired) electrons. The van der Waals surface area contributed by atoms with Crippen molar-refractivity contribution in [2.45, 2.75) is 39.3 Å². The van der Waals surface area contributed by atoms with Gasteiger partial charge in [-0.3, -0.25) is 0 Å². The number of fused-ring (bicyclic) bond motifs is 1. The summed E-state index contributed by atoms with van der Waals surface area (Å²) in [6.45, 7) is 5.41. The minimum atomic E-state index is -0.362. The Morgan fingerprint density at radius 1 is 1.43 bits per heavy atom. The number of hydrogen-bond donors (Lipinski definition) is 1. The third-order valence-electron chi connectivity index (χ3n) is 3.74. The summed E-state index contributed by atoms with van der Waals surface area (Å²) in [4.78, 5) is 0. The van der Waals surface area contributed by atoms with Crippen molar-refractivity contribution in [3.8, 4) is 17.1 Å². The molecule has 1 aromatic carbocycles. The zero-order chi connectivity index (χ0) is 15.0. The predicted octanol–water partition coefficient (Wildman–Crippen LogP) is 3.09. The Morgan fingerprint density at radius 3 is 2.90 bits per heavy atom. The number of ether oxygens (including phenoxy) is 1. The SMILES string of the molecule is CC(C)c1c(-c2ccc(CO)cc2F)nn2c1OCCC2. The van der Waals surface area contributed by atoms with Gasteiger partial charge in [-0.25, -0.2) is 9.07 Å². The number of halogens is 1. The highest BCUT2D eigenvalue weighted by molar-refractivity contribution is 5.67. The lowest BCUT2D eigenvalue weighted by molar-refractivity contribution is 0.227. The van der Waals surface area contributed by atoms with Gasteiger partial charge in [0.1, 0.15) is 11.5 Å². The van der Waals surface area contributed by atoms with Crippen LogP contribution in [0.3, 0.4) is 0 Å². The van der Waals surface area contributed by atoms with Gasteiger partial charge in [0.05, 0.1) is 13.2 Å². The van der Waals surface area contributed by atoms with Crippen LogP contribution in [0.1, 0.15) is 37.3 Å². The summed E-state index contributed by atoms with van der Waals surface area (Å²) < 4.78 is 21.9. The summed E-state index contributed by atoms with van der Waals surface area (Å²) in [7, 11) is 0. The standard InChI is InChI=1S/C16H19FN2O2/c1-10(2)14-15(18-19-6-3-7-21-16(14)19)12-5-4-11(9-20)8-13(12)17/h4-5,8,10,20H,3,6-7,9H2,1-2H3. The average molecular weight is 290 g/mol. The van der Waals surface area contributed by atoms with Crippen molar-refractivity contribution in [1.29, 1.82) is 0 Å². The van der Waals surface area contributed by atoms with Crippen LogP contribution >= 0.6 is 0 Å². The van der Waals surface area contributed by atoms with Gasteiger partial charge in [0.15, 0.2) is 0 Å². The zero-order valence-corrected chi connectivity index (χ0v) is 12.3. The summed E-state index contributed by atoms with van der Waals surface area (Å²) >= 11 is 0. The molecule has 0 saturated carbocycles. The molecule has 2 aromatic rings. The lowest BCUT2D eigenvalue weighted by Crippen LogP contribution is -2.15. The number of benzene rings is 1. The molecule has 1 aliphatic heterocycles. The summed E-state index contributed by atoms with van der Waals surface area (Å²) in [6.07, 6.45) is 0.914. The molecule has 1 aliphatic rings. The molecular formula is C16H19FN2O2. The fraction of sp³-hybridized carbons (Fsp3) is 0.438. The fourth-order valence-corrected chi connectivity index (χ4v) is 2.72. The van der Waals surface area contributed by atoms with Gasteiger partial charge in [-0.15, -0.1) is 0 Å². The van der Waals surface area contributed by atoms with Crippen molar-refractivity contribution in [3.05, 3.63) is 35.1 Å². The van der Waals surface area contributed by atoms with Crippen LogP contribution < -0.4 is 4.74 Å². The lowest BCUT2D eigenvalue weighted by atomic mass is 9.98. The van der Waals surface area contributed by atoms with Crippen molar-refractivity contribution >= 4 is 0 Å². The normalized spacial score (nSPS) is 14.1. The molecule has 0 spiro atoms. The molecule has 0 saturated heterocycles. The number of rotatable bonds is 3. The molecule has 1 N–H and O–H groups in total. The summed E-state index contributed by atoms with van der Waals surface area (Å²) in [6, 6.07) is 4.77. The van der Waals surface area contributed by atoms with Gasteiger partial charge in [0.25, 0.3) is 0 Å². The maximum Gasteiger partial charge on any atom is 0.215 e. The molecule has 112 valence electrons. The topological polar surface area (TPSA) is 47.3 Å². The first-order valence-corrected chi connectivity index (χ1v) is 7.25. The molecule has 0 aliphatic carbocycles. The van der Waals surface area contributed by atoms with E-state index in [1.165, 1.54) is 6.07 Å². The first-order chi connectivity index (χ1) is 10.1. The minimum Gasteiger partial charge on any atom is -0.478 e. The predicted molar refractivity (Wildman–Crippen MR) is 77.7 cm³/mol. The van der Waals surface area contributed by atoms with E-state index in [1.807, 2.05) is 4.68 Å². The summed E-state index contributed by atoms with van der Waals surface area (Å²) in [5, 5.41) is 13.6. The van der Waals surface area contributed by atoms with Crippen molar-refractivity contribution in [2.24, 2.45) is 0 Å². The van der Waals surface area contributed by atoms with Crippen molar-refractivity contribution in [3.63, 3.8) is 0 Å². The monoisotopic (exact) mass is 290 g/mol. The van der Waals surface area contributed by atoms with Crippen LogP contribution in [-0.2, 0) is 13.2 Å². The molecule has 0 fully saturated rings. The lowest BCUT2D eigenvalue weighted by Gasteiger charge is -2.17. The number of aromatic nitrogens is 2. The second-order valence-electron chi connectivity index (χ2n) is 5.62. The Kier molecular flexibility index (Phi) is 3.68. The van der Waals surface area contributed by atoms with E-state index in [2.05, 4.69) is 18.9 Å². The van der Waals surface area contributed by atoms with Crippen LogP contribution in [0.15, 0.2) is 18.2 Å². The summed E-state index contributed by atoms with van der Waals surface area (Å²) in [5.74, 6) is 0.592. The summed E-state index contributed by atoms with van der Waals surface area (Å²) in [5.41, 5.74) is 2.61. The van der Waals surface area contributed by atoms with Crippen LogP contribution in [0, 0.1) is 5.82 Å². The van der Waals surface area contributed by atoms with Crippen LogP contribution in [0.4, 0.5) is 4.39 Å². The number of hydrogen-bond acceptors (Lipinski definition) is 3. The fourth-order valence-electron chi connectivity index (χ4n) is 2.72. The third-order valence-corrected chi connectivity index (χ3v) is 3.74. The molecule has 0 atom stereocenters. The van der Waals surface area contributed by atoms with Crippen molar-refractivity contribution in [2.75, 3.05) is 6.61 Å². The molecule has 21 heavy (non-hydrogen) atoms. The molecule has 5 heteroatoms. The highest BCUT2D eigenvalue weighted by Crippen LogP contribution is 2.38. The first kappa shape index (κ1) is 14.1. The molecule has 0 bridgehead atoms. The Balaban J connectivity index is 2.16. The first-order valence-electron chi connectivity index (χ1n) is 7.25. The largest absolute Gasteiger partial charge is 0.478 e. The van der Waals surface area contributed by atoms with Crippen LogP contribution in [-0.4, -0.2) is 21.5 Å². The van der Waals surface area contributed by atoms with E-state index in [9.17, 15) is 4.39 Å². The molecule has 4 nitrogen and oxygen atoms in total. The van der Waals surface area contributed by atoms with Crippen LogP contribution in [0.5, 0.6) is 5.88 Å². The smallest absolute Gasteiger partial charge is 0.215 e. The van der Waals surface area contributed by atoms with E-state index in [0.717, 1.165) is 24.4 Å². The number of aliphatic hydroxyl groups excluding tert-OH is 1. The molecule has 0 unspecified atom stereocenters. The van der Waals surface area contributed by atoms with E-state index in [4.69, 9.17) is 9.84 Å². The van der Waals surface area contributed by atoms with Gasteiger partial charge in [0.2, 0.25) is 5.88 Å². The minimum absolute atomic E-state index is 0.170. The third kappa shape index (κ3) is 2.42. The van der Waals surface area contributed by atoms with E-state index in [-0.39, 0.29) is 18.3 Å². The van der Waals surface area contributed by atoms with Gasteiger partial charge < -0.3 is 9.84 Å². The number of aliphatic hydroxyl groups is 1. The molecule has 1 aromatic heterocycles. The Labute approximate surface area is 123 Å². The van der Waals surface area contributed by atoms with Gasteiger partial charge in [-0.2, -0.15) is 5.10 Å². The van der Waals surface area contributed by atoms with Crippen molar-refractivity contribution in [1.82, 2.24) is 9.78 Å². The average Bonchev–Trinajstić information content (AvgIpc) is 2.86. The van der Waals surface area contributed by atoms with Gasteiger partial charge >= 0.3 is 0 Å². The second kappa shape index (κ2) is 5.48. The van der Waals surface area contributed by atoms with Gasteiger partial charge in [-0.1, -0.05) is 19.9 Å². The molecule has 0 amide bonds. The van der Waals surface area contributed by atoms with Gasteiger partial charge in [0, 0.05) is 24.1 Å². The number of nitrogens with zero attached hydrogens (tertiary/aromatic N) is 2. The molecule has 3 rings (SSSR count).